The molecule has 3 rings (SSSR count). The summed E-state index contributed by atoms with van der Waals surface area (Å²) in [5.74, 6) is -0.435. The SMILES string of the molecule is Cc1ccc(S(=O)(=O)Oc2ccc(/C=N\NC(=O)c3cccc(Cl)c3)cc2)cc1[N+](=O)[O-]. The largest absolute Gasteiger partial charge is 0.379 e. The number of hydrogen-bond acceptors (Lipinski definition) is 7. The van der Waals surface area contributed by atoms with E-state index in [0.29, 0.717) is 21.7 Å². The summed E-state index contributed by atoms with van der Waals surface area (Å²) in [6.45, 7) is 1.51. The number of nitrogens with one attached hydrogen (secondary N) is 1. The van der Waals surface area contributed by atoms with Gasteiger partial charge in [-0.3, -0.25) is 14.9 Å². The normalized spacial score (nSPS) is 11.3. The maximum atomic E-state index is 12.5. The zero-order valence-corrected chi connectivity index (χ0v) is 18.1. The topological polar surface area (TPSA) is 128 Å². The zero-order valence-electron chi connectivity index (χ0n) is 16.6. The molecule has 0 spiro atoms. The number of rotatable bonds is 7. The van der Waals surface area contributed by atoms with Crippen LogP contribution in [-0.2, 0) is 10.1 Å². The first-order valence-electron chi connectivity index (χ1n) is 9.04. The lowest BCUT2D eigenvalue weighted by molar-refractivity contribution is -0.385. The van der Waals surface area contributed by atoms with Gasteiger partial charge in [0, 0.05) is 22.2 Å². The molecule has 3 aromatic rings. The van der Waals surface area contributed by atoms with Crippen LogP contribution in [0.15, 0.2) is 76.7 Å². The number of carbonyl (C=O) groups is 1. The molecule has 1 N–H and O–H groups in total. The molecule has 0 aliphatic rings. The molecule has 0 unspecified atom stereocenters. The van der Waals surface area contributed by atoms with Gasteiger partial charge in [0.2, 0.25) is 0 Å². The number of benzene rings is 3. The van der Waals surface area contributed by atoms with Crippen molar-refractivity contribution in [3.8, 4) is 5.75 Å². The number of halogens is 1. The molecule has 0 fully saturated rings. The van der Waals surface area contributed by atoms with E-state index in [1.54, 1.807) is 18.2 Å². The molecule has 0 aliphatic carbocycles. The van der Waals surface area contributed by atoms with Crippen molar-refractivity contribution in [3.63, 3.8) is 0 Å². The second-order valence-electron chi connectivity index (χ2n) is 6.52. The quantitative estimate of drug-likeness (QED) is 0.238. The number of aryl methyl sites for hydroxylation is 1. The second-order valence-corrected chi connectivity index (χ2v) is 8.50. The van der Waals surface area contributed by atoms with Crippen LogP contribution in [-0.4, -0.2) is 25.5 Å². The van der Waals surface area contributed by atoms with Gasteiger partial charge >= 0.3 is 10.1 Å². The first kappa shape index (κ1) is 22.9. The minimum absolute atomic E-state index is 0.00772. The summed E-state index contributed by atoms with van der Waals surface area (Å²) in [7, 11) is -4.27. The van der Waals surface area contributed by atoms with Gasteiger partial charge in [-0.15, -0.1) is 0 Å². The summed E-state index contributed by atoms with van der Waals surface area (Å²) >= 11 is 5.84. The molecule has 3 aromatic carbocycles. The minimum Gasteiger partial charge on any atom is -0.379 e. The van der Waals surface area contributed by atoms with Crippen LogP contribution in [0.2, 0.25) is 5.02 Å². The van der Waals surface area contributed by atoms with Crippen LogP contribution in [0.1, 0.15) is 21.5 Å². The first-order valence-corrected chi connectivity index (χ1v) is 10.8. The van der Waals surface area contributed by atoms with Gasteiger partial charge in [-0.05, 0) is 61.0 Å². The van der Waals surface area contributed by atoms with Crippen molar-refractivity contribution in [3.05, 3.63) is 98.6 Å². The molecule has 0 bridgehead atoms. The van der Waals surface area contributed by atoms with Crippen LogP contribution >= 0.6 is 11.6 Å². The summed E-state index contributed by atoms with van der Waals surface area (Å²) in [5.41, 5.74) is 3.28. The third kappa shape index (κ3) is 5.68. The van der Waals surface area contributed by atoms with Crippen LogP contribution in [0, 0.1) is 17.0 Å². The van der Waals surface area contributed by atoms with Crippen molar-refractivity contribution in [2.45, 2.75) is 11.8 Å². The molecule has 0 aliphatic heterocycles. The van der Waals surface area contributed by atoms with E-state index in [4.69, 9.17) is 15.8 Å². The molecule has 32 heavy (non-hydrogen) atoms. The van der Waals surface area contributed by atoms with Gasteiger partial charge in [-0.2, -0.15) is 13.5 Å². The van der Waals surface area contributed by atoms with Crippen molar-refractivity contribution >= 4 is 39.5 Å². The van der Waals surface area contributed by atoms with Gasteiger partial charge in [0.25, 0.3) is 11.6 Å². The van der Waals surface area contributed by atoms with E-state index in [-0.39, 0.29) is 16.3 Å². The molecule has 0 atom stereocenters. The Balaban J connectivity index is 1.66. The summed E-state index contributed by atoms with van der Waals surface area (Å²) in [4.78, 5) is 22.1. The van der Waals surface area contributed by atoms with Gasteiger partial charge in [-0.25, -0.2) is 5.43 Å². The number of nitro groups is 1. The third-order valence-corrected chi connectivity index (χ3v) is 5.70. The lowest BCUT2D eigenvalue weighted by atomic mass is 10.2. The molecule has 0 saturated carbocycles. The van der Waals surface area contributed by atoms with Gasteiger partial charge in [0.1, 0.15) is 10.6 Å². The number of amides is 1. The Labute approximate surface area is 188 Å². The van der Waals surface area contributed by atoms with Crippen molar-refractivity contribution in [2.75, 3.05) is 0 Å². The Bertz CT molecular complexity index is 1310. The predicted molar refractivity (Wildman–Crippen MR) is 119 cm³/mol. The van der Waals surface area contributed by atoms with Gasteiger partial charge in [-0.1, -0.05) is 23.7 Å². The van der Waals surface area contributed by atoms with E-state index >= 15 is 0 Å². The number of nitro benzene ring substituents is 1. The van der Waals surface area contributed by atoms with Gasteiger partial charge < -0.3 is 4.18 Å². The van der Waals surface area contributed by atoms with Crippen molar-refractivity contribution in [2.24, 2.45) is 5.10 Å². The van der Waals surface area contributed by atoms with E-state index in [2.05, 4.69) is 10.5 Å². The number of hydrogen-bond donors (Lipinski definition) is 1. The molecule has 164 valence electrons. The standard InChI is InChI=1S/C21H16ClN3O6S/c1-14-5-10-19(12-20(14)25(27)28)32(29,30)31-18-8-6-15(7-9-18)13-23-24-21(26)16-3-2-4-17(22)11-16/h2-13H,1H3,(H,24,26)/b23-13-. The zero-order chi connectivity index (χ0) is 23.3. The highest BCUT2D eigenvalue weighted by Gasteiger charge is 2.21. The van der Waals surface area contributed by atoms with Crippen LogP contribution in [0.25, 0.3) is 0 Å². The molecule has 0 heterocycles. The lowest BCUT2D eigenvalue weighted by Gasteiger charge is -2.08. The van der Waals surface area contributed by atoms with Crippen LogP contribution in [0.3, 0.4) is 0 Å². The van der Waals surface area contributed by atoms with Crippen molar-refractivity contribution in [1.82, 2.24) is 5.43 Å². The van der Waals surface area contributed by atoms with E-state index < -0.39 is 20.9 Å². The van der Waals surface area contributed by atoms with Crippen LogP contribution in [0.4, 0.5) is 5.69 Å². The molecule has 0 saturated heterocycles. The fraction of sp³-hybridized carbons (Fsp3) is 0.0476. The van der Waals surface area contributed by atoms with Gasteiger partial charge in [0.15, 0.2) is 0 Å². The van der Waals surface area contributed by atoms with E-state index in [1.807, 2.05) is 0 Å². The number of nitrogens with zero attached hydrogens (tertiary/aromatic N) is 2. The fourth-order valence-corrected chi connectivity index (χ4v) is 3.73. The smallest absolute Gasteiger partial charge is 0.339 e. The fourth-order valence-electron chi connectivity index (χ4n) is 2.59. The molecular weight excluding hydrogens is 458 g/mol. The Hall–Kier alpha value is -3.76. The summed E-state index contributed by atoms with van der Waals surface area (Å²) in [5, 5.41) is 15.3. The van der Waals surface area contributed by atoms with Gasteiger partial charge in [0.05, 0.1) is 11.1 Å². The Kier molecular flexibility index (Phi) is 6.86. The Morgan fingerprint density at radius 3 is 2.50 bits per heavy atom. The Morgan fingerprint density at radius 2 is 1.84 bits per heavy atom. The summed E-state index contributed by atoms with van der Waals surface area (Å²) in [6.07, 6.45) is 1.37. The van der Waals surface area contributed by atoms with Crippen LogP contribution < -0.4 is 9.61 Å². The second kappa shape index (κ2) is 9.58. The summed E-state index contributed by atoms with van der Waals surface area (Å²) < 4.78 is 30.0. The number of hydrazone groups is 1. The van der Waals surface area contributed by atoms with E-state index in [9.17, 15) is 23.3 Å². The maximum absolute atomic E-state index is 12.5. The van der Waals surface area contributed by atoms with Crippen LogP contribution in [0.5, 0.6) is 5.75 Å². The Morgan fingerprint density at radius 1 is 1.12 bits per heavy atom. The minimum atomic E-state index is -4.27. The highest BCUT2D eigenvalue weighted by Crippen LogP contribution is 2.25. The molecule has 0 aromatic heterocycles. The van der Waals surface area contributed by atoms with E-state index in [0.717, 1.165) is 6.07 Å². The monoisotopic (exact) mass is 473 g/mol. The molecule has 1 amide bonds. The van der Waals surface area contributed by atoms with Crippen molar-refractivity contribution < 1.29 is 22.3 Å². The van der Waals surface area contributed by atoms with E-state index in [1.165, 1.54) is 55.6 Å². The predicted octanol–water partition coefficient (Wildman–Crippen LogP) is 4.09. The number of carbonyl (C=O) groups excluding carboxylic acids is 1. The average Bonchev–Trinajstić information content (AvgIpc) is 2.74. The highest BCUT2D eigenvalue weighted by atomic mass is 35.5. The average molecular weight is 474 g/mol. The first-order chi connectivity index (χ1) is 15.2. The lowest BCUT2D eigenvalue weighted by Crippen LogP contribution is -2.17. The molecular formula is C21H16ClN3O6S. The van der Waals surface area contributed by atoms with Crippen molar-refractivity contribution in [1.29, 1.82) is 0 Å². The third-order valence-electron chi connectivity index (χ3n) is 4.22. The highest BCUT2D eigenvalue weighted by molar-refractivity contribution is 7.87. The summed E-state index contributed by atoms with van der Waals surface area (Å²) in [6, 6.07) is 15.7. The molecule has 11 heteroatoms. The molecule has 0 radical (unpaired) electrons. The molecule has 9 nitrogen and oxygen atoms in total. The maximum Gasteiger partial charge on any atom is 0.339 e.